The van der Waals surface area contributed by atoms with Crippen LogP contribution in [0.25, 0.3) is 0 Å². The number of fused-ring (bicyclic) bond motifs is 1. The van der Waals surface area contributed by atoms with Gasteiger partial charge in [-0.2, -0.15) is 0 Å². The molecular formula is C19H21ClO5. The summed E-state index contributed by atoms with van der Waals surface area (Å²) in [6, 6.07) is 6.48. The Kier molecular flexibility index (Phi) is 3.99. The van der Waals surface area contributed by atoms with Gasteiger partial charge in [-0.05, 0) is 51.5 Å². The molecule has 1 saturated carbocycles. The van der Waals surface area contributed by atoms with Crippen molar-refractivity contribution in [1.82, 2.24) is 0 Å². The molecular weight excluding hydrogens is 344 g/mol. The second kappa shape index (κ2) is 5.56. The first-order valence-corrected chi connectivity index (χ1v) is 8.79. The molecule has 0 spiro atoms. The molecule has 0 amide bonds. The average molecular weight is 365 g/mol. The van der Waals surface area contributed by atoms with Crippen LogP contribution in [0.15, 0.2) is 24.3 Å². The van der Waals surface area contributed by atoms with E-state index in [0.29, 0.717) is 17.0 Å². The lowest BCUT2D eigenvalue weighted by atomic mass is 9.81. The van der Waals surface area contributed by atoms with E-state index in [1.165, 1.54) is 0 Å². The highest BCUT2D eigenvalue weighted by Gasteiger charge is 2.95. The summed E-state index contributed by atoms with van der Waals surface area (Å²) >= 11 is 5.90. The lowest BCUT2D eigenvalue weighted by molar-refractivity contribution is -0.166. The summed E-state index contributed by atoms with van der Waals surface area (Å²) in [6.45, 7) is 7.10. The van der Waals surface area contributed by atoms with Gasteiger partial charge in [0.05, 0.1) is 12.0 Å². The average Bonchev–Trinajstić information content (AvgIpc) is 3.15. The highest BCUT2D eigenvalue weighted by atomic mass is 35.5. The number of benzene rings is 1. The van der Waals surface area contributed by atoms with Crippen LogP contribution in [0.1, 0.15) is 44.5 Å². The lowest BCUT2D eigenvalue weighted by Crippen LogP contribution is -2.40. The first-order chi connectivity index (χ1) is 11.7. The molecule has 3 rings (SSSR count). The second-order valence-corrected chi connectivity index (χ2v) is 7.55. The molecule has 1 heterocycles. The minimum Gasteiger partial charge on any atom is -0.465 e. The first kappa shape index (κ1) is 17.9. The number of carbonyl (C=O) groups is 3. The Hall–Kier alpha value is -1.88. The molecule has 1 saturated heterocycles. The molecule has 2 aliphatic rings. The van der Waals surface area contributed by atoms with Crippen LogP contribution in [0, 0.1) is 16.7 Å². The minimum atomic E-state index is -1.56. The first-order valence-electron chi connectivity index (χ1n) is 8.41. The zero-order chi connectivity index (χ0) is 18.6. The molecule has 0 aromatic heterocycles. The predicted octanol–water partition coefficient (Wildman–Crippen LogP) is 3.43. The summed E-state index contributed by atoms with van der Waals surface area (Å²) in [5.41, 5.74) is -3.20. The van der Waals surface area contributed by atoms with E-state index in [9.17, 15) is 14.4 Å². The quantitative estimate of drug-likeness (QED) is 0.455. The van der Waals surface area contributed by atoms with Crippen molar-refractivity contribution in [3.63, 3.8) is 0 Å². The third-order valence-electron chi connectivity index (χ3n) is 5.59. The maximum Gasteiger partial charge on any atom is 0.325 e. The Morgan fingerprint density at radius 2 is 1.80 bits per heavy atom. The fourth-order valence-corrected chi connectivity index (χ4v) is 4.89. The van der Waals surface area contributed by atoms with Crippen molar-refractivity contribution in [2.24, 2.45) is 16.7 Å². The van der Waals surface area contributed by atoms with Gasteiger partial charge in [-0.3, -0.25) is 14.4 Å². The highest BCUT2D eigenvalue weighted by molar-refractivity contribution is 6.30. The molecule has 5 nitrogen and oxygen atoms in total. The molecule has 25 heavy (non-hydrogen) atoms. The van der Waals surface area contributed by atoms with Crippen molar-refractivity contribution in [3.05, 3.63) is 34.9 Å². The Balaban J connectivity index is 2.14. The van der Waals surface area contributed by atoms with Crippen LogP contribution in [0.2, 0.25) is 5.02 Å². The molecule has 0 radical (unpaired) electrons. The largest absolute Gasteiger partial charge is 0.465 e. The zero-order valence-corrected chi connectivity index (χ0v) is 15.5. The van der Waals surface area contributed by atoms with Crippen LogP contribution >= 0.6 is 11.6 Å². The maximum absolute atomic E-state index is 13.4. The van der Waals surface area contributed by atoms with Crippen molar-refractivity contribution in [2.45, 2.75) is 39.7 Å². The van der Waals surface area contributed by atoms with E-state index in [2.05, 4.69) is 0 Å². The van der Waals surface area contributed by atoms with E-state index in [1.54, 1.807) is 45.0 Å². The van der Waals surface area contributed by atoms with Crippen molar-refractivity contribution < 1.29 is 23.9 Å². The molecule has 1 aliphatic heterocycles. The van der Waals surface area contributed by atoms with Crippen LogP contribution < -0.4 is 0 Å². The number of ether oxygens (including phenoxy) is 2. The summed E-state index contributed by atoms with van der Waals surface area (Å²) in [6.07, 6.45) is 0.344. The highest BCUT2D eigenvalue weighted by Crippen LogP contribution is 2.80. The third-order valence-corrected chi connectivity index (χ3v) is 5.84. The smallest absolute Gasteiger partial charge is 0.325 e. The molecule has 0 unspecified atom stereocenters. The summed E-state index contributed by atoms with van der Waals surface area (Å²) in [7, 11) is 0. The molecule has 1 aromatic carbocycles. The Bertz CT molecular complexity index is 754. The SMILES string of the molecule is CCOC(=O)[C@@]12C(=O)OC(C)(C)[C@@H]1[C@@]2(CC)C(=O)c1ccc(Cl)cc1. The van der Waals surface area contributed by atoms with Crippen molar-refractivity contribution in [1.29, 1.82) is 0 Å². The number of Topliss-reactive ketones (excluding diaryl/α,β-unsaturated/α-hetero) is 1. The van der Waals surface area contributed by atoms with Crippen LogP contribution in [-0.4, -0.2) is 29.9 Å². The van der Waals surface area contributed by atoms with Gasteiger partial charge in [-0.15, -0.1) is 0 Å². The molecule has 0 bridgehead atoms. The van der Waals surface area contributed by atoms with Crippen LogP contribution in [0.3, 0.4) is 0 Å². The van der Waals surface area contributed by atoms with Crippen molar-refractivity contribution in [3.8, 4) is 0 Å². The Labute approximate surface area is 151 Å². The number of ketones is 1. The molecule has 0 N–H and O–H groups in total. The normalized spacial score (nSPS) is 31.9. The van der Waals surface area contributed by atoms with E-state index in [0.717, 1.165) is 0 Å². The second-order valence-electron chi connectivity index (χ2n) is 7.12. The van der Waals surface area contributed by atoms with E-state index in [-0.39, 0.29) is 12.4 Å². The molecule has 6 heteroatoms. The minimum absolute atomic E-state index is 0.135. The van der Waals surface area contributed by atoms with Crippen LogP contribution in [0.5, 0.6) is 0 Å². The van der Waals surface area contributed by atoms with Crippen molar-refractivity contribution in [2.75, 3.05) is 6.61 Å². The van der Waals surface area contributed by atoms with Gasteiger partial charge in [-0.1, -0.05) is 18.5 Å². The molecule has 1 aliphatic carbocycles. The number of esters is 2. The number of rotatable bonds is 5. The van der Waals surface area contributed by atoms with Gasteiger partial charge < -0.3 is 9.47 Å². The van der Waals surface area contributed by atoms with Gasteiger partial charge in [0.25, 0.3) is 0 Å². The predicted molar refractivity (Wildman–Crippen MR) is 91.2 cm³/mol. The summed E-state index contributed by atoms with van der Waals surface area (Å²) in [5, 5.41) is 0.512. The Morgan fingerprint density at radius 1 is 1.20 bits per heavy atom. The lowest BCUT2D eigenvalue weighted by Gasteiger charge is -2.28. The fraction of sp³-hybridized carbons (Fsp3) is 0.526. The van der Waals surface area contributed by atoms with Gasteiger partial charge in [0, 0.05) is 16.5 Å². The van der Waals surface area contributed by atoms with Gasteiger partial charge in [0.1, 0.15) is 5.60 Å². The third kappa shape index (κ3) is 2.05. The molecule has 3 atom stereocenters. The Morgan fingerprint density at radius 3 is 2.32 bits per heavy atom. The van der Waals surface area contributed by atoms with Crippen LogP contribution in [-0.2, 0) is 19.1 Å². The molecule has 2 fully saturated rings. The van der Waals surface area contributed by atoms with Gasteiger partial charge in [0.15, 0.2) is 11.2 Å². The standard InChI is InChI=1S/C19H21ClO5/c1-5-18(13(21)11-7-9-12(20)10-8-11)14-17(3,4)25-16(23)19(14,18)15(22)24-6-2/h7-10,14H,5-6H2,1-4H3/t14-,18-,19-/m1/s1. The van der Waals surface area contributed by atoms with Gasteiger partial charge >= 0.3 is 11.9 Å². The topological polar surface area (TPSA) is 69.7 Å². The fourth-order valence-electron chi connectivity index (χ4n) is 4.77. The zero-order valence-electron chi connectivity index (χ0n) is 14.7. The van der Waals surface area contributed by atoms with Gasteiger partial charge in [0.2, 0.25) is 0 Å². The summed E-state index contributed by atoms with van der Waals surface area (Å²) in [4.78, 5) is 38.9. The molecule has 134 valence electrons. The number of hydrogen-bond donors (Lipinski definition) is 0. The summed E-state index contributed by atoms with van der Waals surface area (Å²) < 4.78 is 10.6. The maximum atomic E-state index is 13.4. The van der Waals surface area contributed by atoms with E-state index in [1.807, 2.05) is 6.92 Å². The number of hydrogen-bond acceptors (Lipinski definition) is 5. The monoisotopic (exact) mass is 364 g/mol. The summed E-state index contributed by atoms with van der Waals surface area (Å²) in [5.74, 6) is -2.12. The van der Waals surface area contributed by atoms with Crippen LogP contribution in [0.4, 0.5) is 0 Å². The van der Waals surface area contributed by atoms with E-state index >= 15 is 0 Å². The van der Waals surface area contributed by atoms with Crippen molar-refractivity contribution >= 4 is 29.3 Å². The van der Waals surface area contributed by atoms with Gasteiger partial charge in [-0.25, -0.2) is 0 Å². The van der Waals surface area contributed by atoms with E-state index < -0.39 is 34.3 Å². The van der Waals surface area contributed by atoms with E-state index in [4.69, 9.17) is 21.1 Å². The number of halogens is 1. The number of carbonyl (C=O) groups excluding carboxylic acids is 3. The number of cyclic esters (lactones) is 1. The molecule has 1 aromatic rings.